The molecule has 0 aromatic heterocycles. The van der Waals surface area contributed by atoms with Crippen LogP contribution in [0.2, 0.25) is 0 Å². The molecule has 1 aliphatic heterocycles. The first kappa shape index (κ1) is 21.2. The molecule has 2 aromatic rings. The van der Waals surface area contributed by atoms with E-state index in [9.17, 15) is 4.79 Å². The molecule has 2 fully saturated rings. The number of hydrogen-bond donors (Lipinski definition) is 0. The van der Waals surface area contributed by atoms with E-state index in [1.54, 1.807) is 0 Å². The predicted octanol–water partition coefficient (Wildman–Crippen LogP) is 6.10. The number of halogens is 1. The zero-order chi connectivity index (χ0) is 20.9. The van der Waals surface area contributed by atoms with Crippen molar-refractivity contribution in [3.63, 3.8) is 0 Å². The van der Waals surface area contributed by atoms with Crippen LogP contribution in [-0.4, -0.2) is 27.1 Å². The largest absolute Gasteiger partial charge is 0.492 e. The molecule has 30 heavy (non-hydrogen) atoms. The average Bonchev–Trinajstić information content (AvgIpc) is 3.60. The average molecular weight is 517 g/mol. The number of rotatable bonds is 7. The zero-order valence-corrected chi connectivity index (χ0v) is 19.2. The first-order chi connectivity index (χ1) is 14.6. The van der Waals surface area contributed by atoms with Gasteiger partial charge in [0.05, 0.1) is 9.97 Å². The fourth-order valence-corrected chi connectivity index (χ4v) is 4.62. The fraction of sp³-hybridized carbons (Fsp3) is 0.400. The fourth-order valence-electron chi connectivity index (χ4n) is 4.11. The van der Waals surface area contributed by atoms with Gasteiger partial charge in [-0.3, -0.25) is 4.90 Å². The summed E-state index contributed by atoms with van der Waals surface area (Å²) in [6, 6.07) is 20.0. The van der Waals surface area contributed by atoms with Gasteiger partial charge in [0.15, 0.2) is 0 Å². The van der Waals surface area contributed by atoms with Gasteiger partial charge in [-0.2, -0.15) is 0 Å². The van der Waals surface area contributed by atoms with E-state index in [4.69, 9.17) is 9.47 Å². The minimum absolute atomic E-state index is 0.00845. The van der Waals surface area contributed by atoms with Crippen molar-refractivity contribution in [2.24, 2.45) is 5.92 Å². The number of carbonyl (C=O) groups excluding carboxylic acids is 1. The molecule has 1 amide bonds. The number of alkyl halides is 1. The summed E-state index contributed by atoms with van der Waals surface area (Å²) in [6.07, 6.45) is 3.93. The minimum Gasteiger partial charge on any atom is -0.492 e. The lowest BCUT2D eigenvalue weighted by atomic mass is 9.96. The molecule has 1 saturated heterocycles. The maximum Gasteiger partial charge on any atom is 0.410 e. The van der Waals surface area contributed by atoms with Crippen molar-refractivity contribution in [1.82, 2.24) is 4.90 Å². The molecular weight excluding hydrogens is 489 g/mol. The summed E-state index contributed by atoms with van der Waals surface area (Å²) in [5, 5.41) is 0. The summed E-state index contributed by atoms with van der Waals surface area (Å²) in [5.41, 5.74) is 2.09. The topological polar surface area (TPSA) is 38.8 Å². The Morgan fingerprint density at radius 2 is 1.67 bits per heavy atom. The molecule has 2 aliphatic rings. The van der Waals surface area contributed by atoms with Crippen LogP contribution in [0, 0.1) is 5.92 Å². The van der Waals surface area contributed by atoms with Crippen LogP contribution >= 0.6 is 22.6 Å². The number of amides is 1. The van der Waals surface area contributed by atoms with Gasteiger partial charge in [-0.05, 0) is 42.7 Å². The van der Waals surface area contributed by atoms with Crippen LogP contribution in [0.4, 0.5) is 4.79 Å². The summed E-state index contributed by atoms with van der Waals surface area (Å²) in [7, 11) is 0. The van der Waals surface area contributed by atoms with Gasteiger partial charge in [0, 0.05) is 6.54 Å². The highest BCUT2D eigenvalue weighted by atomic mass is 127. The zero-order valence-electron chi connectivity index (χ0n) is 17.1. The lowest BCUT2D eigenvalue weighted by Gasteiger charge is -2.40. The summed E-state index contributed by atoms with van der Waals surface area (Å²) in [6.45, 7) is 4.90. The predicted molar refractivity (Wildman–Crippen MR) is 126 cm³/mol. The van der Waals surface area contributed by atoms with Crippen molar-refractivity contribution >= 4 is 28.7 Å². The standard InChI is InChI=1S/C25H28INO3/c1-18-22(26)14-15-23(30-18)24(21-12-13-21)27(16-19-8-4-2-5-9-19)25(28)29-17-20-10-6-3-7-11-20/h2-11,21-24H,1,12-17H2. The van der Waals surface area contributed by atoms with E-state index in [1.807, 2.05) is 53.4 Å². The van der Waals surface area contributed by atoms with Crippen LogP contribution in [0.15, 0.2) is 73.0 Å². The molecule has 4 rings (SSSR count). The van der Waals surface area contributed by atoms with E-state index in [0.29, 0.717) is 16.4 Å². The molecule has 0 N–H and O–H groups in total. The quantitative estimate of drug-likeness (QED) is 0.329. The van der Waals surface area contributed by atoms with Gasteiger partial charge < -0.3 is 9.47 Å². The lowest BCUT2D eigenvalue weighted by molar-refractivity contribution is -0.0145. The Balaban J connectivity index is 1.54. The molecular formula is C25H28INO3. The van der Waals surface area contributed by atoms with Gasteiger partial charge in [-0.25, -0.2) is 4.79 Å². The van der Waals surface area contributed by atoms with Crippen LogP contribution < -0.4 is 0 Å². The van der Waals surface area contributed by atoms with Gasteiger partial charge in [-0.15, -0.1) is 0 Å². The van der Waals surface area contributed by atoms with Gasteiger partial charge in [0.1, 0.15) is 18.5 Å². The minimum atomic E-state index is -0.273. The van der Waals surface area contributed by atoms with Crippen molar-refractivity contribution in [3.8, 4) is 0 Å². The number of ether oxygens (including phenoxy) is 2. The van der Waals surface area contributed by atoms with Gasteiger partial charge in [0.2, 0.25) is 0 Å². The highest BCUT2D eigenvalue weighted by molar-refractivity contribution is 14.1. The molecule has 158 valence electrons. The molecule has 3 unspecified atom stereocenters. The maximum atomic E-state index is 13.3. The van der Waals surface area contributed by atoms with E-state index >= 15 is 0 Å². The number of allylic oxidation sites excluding steroid dienone is 1. The molecule has 5 heteroatoms. The lowest BCUT2D eigenvalue weighted by Crippen LogP contribution is -2.50. The molecule has 0 radical (unpaired) electrons. The Bertz CT molecular complexity index is 853. The maximum absolute atomic E-state index is 13.3. The molecule has 1 saturated carbocycles. The number of benzene rings is 2. The van der Waals surface area contributed by atoms with Crippen molar-refractivity contribution in [1.29, 1.82) is 0 Å². The van der Waals surface area contributed by atoms with Crippen LogP contribution in [0.25, 0.3) is 0 Å². The van der Waals surface area contributed by atoms with E-state index in [2.05, 4.69) is 41.3 Å². The van der Waals surface area contributed by atoms with Crippen molar-refractivity contribution in [2.75, 3.05) is 0 Å². The number of nitrogens with zero attached hydrogens (tertiary/aromatic N) is 1. The number of hydrogen-bond acceptors (Lipinski definition) is 3. The number of carbonyl (C=O) groups is 1. The molecule has 1 aliphatic carbocycles. The van der Waals surface area contributed by atoms with E-state index in [-0.39, 0.29) is 24.8 Å². The van der Waals surface area contributed by atoms with Gasteiger partial charge in [-0.1, -0.05) is 89.8 Å². The first-order valence-electron chi connectivity index (χ1n) is 10.6. The highest BCUT2D eigenvalue weighted by Gasteiger charge is 2.45. The van der Waals surface area contributed by atoms with E-state index in [0.717, 1.165) is 42.6 Å². The third-order valence-electron chi connectivity index (χ3n) is 5.84. The van der Waals surface area contributed by atoms with Crippen molar-refractivity contribution in [3.05, 3.63) is 84.1 Å². The van der Waals surface area contributed by atoms with Crippen LogP contribution in [0.5, 0.6) is 0 Å². The SMILES string of the molecule is C=C1OC(C(C2CC2)N(Cc2ccccc2)C(=O)OCc2ccccc2)CCC1I. The third-order valence-corrected chi connectivity index (χ3v) is 7.16. The summed E-state index contributed by atoms with van der Waals surface area (Å²) in [4.78, 5) is 15.2. The Labute approximate surface area is 192 Å². The smallest absolute Gasteiger partial charge is 0.410 e. The molecule has 4 nitrogen and oxygen atoms in total. The Morgan fingerprint density at radius 3 is 2.27 bits per heavy atom. The molecule has 0 spiro atoms. The summed E-state index contributed by atoms with van der Waals surface area (Å²) < 4.78 is 12.3. The Morgan fingerprint density at radius 1 is 1.03 bits per heavy atom. The van der Waals surface area contributed by atoms with Crippen LogP contribution in [0.3, 0.4) is 0 Å². The second-order valence-corrected chi connectivity index (χ2v) is 9.65. The van der Waals surface area contributed by atoms with Crippen molar-refractivity contribution < 1.29 is 14.3 Å². The van der Waals surface area contributed by atoms with Crippen LogP contribution in [-0.2, 0) is 22.6 Å². The molecule has 0 bridgehead atoms. The normalized spacial score (nSPS) is 22.1. The molecule has 3 atom stereocenters. The van der Waals surface area contributed by atoms with Gasteiger partial charge >= 0.3 is 6.09 Å². The summed E-state index contributed by atoms with van der Waals surface area (Å²) in [5.74, 6) is 1.29. The Kier molecular flexibility index (Phi) is 6.97. The molecule has 2 aromatic carbocycles. The molecule has 1 heterocycles. The highest BCUT2D eigenvalue weighted by Crippen LogP contribution is 2.42. The van der Waals surface area contributed by atoms with Crippen molar-refractivity contribution in [2.45, 2.75) is 54.9 Å². The monoisotopic (exact) mass is 517 g/mol. The summed E-state index contributed by atoms with van der Waals surface area (Å²) >= 11 is 2.39. The van der Waals surface area contributed by atoms with E-state index < -0.39 is 0 Å². The second kappa shape index (κ2) is 9.86. The van der Waals surface area contributed by atoms with Gasteiger partial charge in [0.25, 0.3) is 0 Å². The first-order valence-corrected chi connectivity index (χ1v) is 11.9. The van der Waals surface area contributed by atoms with E-state index in [1.165, 1.54) is 0 Å². The second-order valence-electron chi connectivity index (χ2n) is 8.15. The van der Waals surface area contributed by atoms with Crippen LogP contribution in [0.1, 0.15) is 36.8 Å². The third kappa shape index (κ3) is 5.36. The Hall–Kier alpha value is -2.02.